The summed E-state index contributed by atoms with van der Waals surface area (Å²) in [4.78, 5) is 2.12. The highest BCUT2D eigenvalue weighted by Gasteiger charge is 2.06. The van der Waals surface area contributed by atoms with Crippen molar-refractivity contribution in [3.63, 3.8) is 0 Å². The SMILES string of the molecule is CCN(CCO)Cc1cc(N)ccc1N.Nc1ccc(N)c(CNCc2ccc(Cl)cc2)c1. The Bertz CT molecular complexity index is 997. The number of nitrogens with one attached hydrogen (secondary N) is 1. The van der Waals surface area contributed by atoms with E-state index in [0.717, 1.165) is 58.5 Å². The molecule has 0 radical (unpaired) electrons. The van der Waals surface area contributed by atoms with Gasteiger partial charge in [0.2, 0.25) is 0 Å². The maximum atomic E-state index is 8.87. The van der Waals surface area contributed by atoms with Crippen LogP contribution in [0.3, 0.4) is 0 Å². The normalized spacial score (nSPS) is 10.7. The molecule has 0 heterocycles. The lowest BCUT2D eigenvalue weighted by molar-refractivity contribution is 0.197. The number of halogens is 1. The van der Waals surface area contributed by atoms with Gasteiger partial charge < -0.3 is 33.4 Å². The lowest BCUT2D eigenvalue weighted by Crippen LogP contribution is -2.26. The number of hydrogen-bond donors (Lipinski definition) is 6. The minimum absolute atomic E-state index is 0.163. The summed E-state index contributed by atoms with van der Waals surface area (Å²) in [6, 6.07) is 18.8. The number of aliphatic hydroxyl groups excluding tert-OH is 1. The van der Waals surface area contributed by atoms with E-state index < -0.39 is 0 Å². The first-order chi connectivity index (χ1) is 15.8. The van der Waals surface area contributed by atoms with Crippen molar-refractivity contribution < 1.29 is 5.11 Å². The molecule has 0 amide bonds. The molecular weight excluding hydrogens is 436 g/mol. The molecule has 0 spiro atoms. The Morgan fingerprint density at radius 1 is 0.818 bits per heavy atom. The number of benzene rings is 3. The van der Waals surface area contributed by atoms with Crippen LogP contribution < -0.4 is 28.3 Å². The number of nitrogens with two attached hydrogens (primary N) is 4. The van der Waals surface area contributed by atoms with E-state index in [4.69, 9.17) is 39.6 Å². The van der Waals surface area contributed by atoms with Gasteiger partial charge in [0.05, 0.1) is 6.61 Å². The molecule has 178 valence electrons. The Labute approximate surface area is 201 Å². The van der Waals surface area contributed by atoms with Gasteiger partial charge in [-0.2, -0.15) is 0 Å². The monoisotopic (exact) mass is 470 g/mol. The molecule has 0 unspecified atom stereocenters. The van der Waals surface area contributed by atoms with E-state index in [-0.39, 0.29) is 6.61 Å². The fourth-order valence-electron chi connectivity index (χ4n) is 3.22. The van der Waals surface area contributed by atoms with Crippen molar-refractivity contribution in [2.45, 2.75) is 26.6 Å². The van der Waals surface area contributed by atoms with Gasteiger partial charge in [-0.25, -0.2) is 0 Å². The summed E-state index contributed by atoms with van der Waals surface area (Å²) in [7, 11) is 0. The highest BCUT2D eigenvalue weighted by molar-refractivity contribution is 6.30. The molecular formula is C25H35ClN6O. The average Bonchev–Trinajstić information content (AvgIpc) is 2.80. The fraction of sp³-hybridized carbons (Fsp3) is 0.280. The number of aliphatic hydroxyl groups is 1. The van der Waals surface area contributed by atoms with E-state index in [1.807, 2.05) is 48.5 Å². The first-order valence-electron chi connectivity index (χ1n) is 10.9. The van der Waals surface area contributed by atoms with Crippen LogP contribution in [-0.2, 0) is 19.6 Å². The first-order valence-corrected chi connectivity index (χ1v) is 11.3. The molecule has 3 rings (SSSR count). The second-order valence-electron chi connectivity index (χ2n) is 7.74. The number of hydrogen-bond acceptors (Lipinski definition) is 7. The number of anilines is 4. The maximum Gasteiger partial charge on any atom is 0.0558 e. The van der Waals surface area contributed by atoms with Gasteiger partial charge in [0.25, 0.3) is 0 Å². The van der Waals surface area contributed by atoms with Gasteiger partial charge in [0.1, 0.15) is 0 Å². The van der Waals surface area contributed by atoms with Crippen LogP contribution in [0.25, 0.3) is 0 Å². The van der Waals surface area contributed by atoms with Crippen LogP contribution in [0.5, 0.6) is 0 Å². The van der Waals surface area contributed by atoms with E-state index in [1.165, 1.54) is 5.56 Å². The van der Waals surface area contributed by atoms with Gasteiger partial charge in [0, 0.05) is 54.0 Å². The van der Waals surface area contributed by atoms with Crippen molar-refractivity contribution in [2.24, 2.45) is 0 Å². The van der Waals surface area contributed by atoms with E-state index in [9.17, 15) is 0 Å². The predicted octanol–water partition coefficient (Wildman–Crippen LogP) is 3.46. The van der Waals surface area contributed by atoms with Gasteiger partial charge in [-0.3, -0.25) is 4.90 Å². The van der Waals surface area contributed by atoms with Crippen LogP contribution in [-0.4, -0.2) is 29.7 Å². The molecule has 0 aliphatic heterocycles. The Kier molecular flexibility index (Phi) is 10.8. The zero-order chi connectivity index (χ0) is 24.2. The van der Waals surface area contributed by atoms with Crippen LogP contribution in [0, 0.1) is 0 Å². The van der Waals surface area contributed by atoms with Crippen molar-refractivity contribution in [1.29, 1.82) is 0 Å². The second kappa shape index (κ2) is 13.5. The van der Waals surface area contributed by atoms with E-state index in [2.05, 4.69) is 17.1 Å². The Hall–Kier alpha value is -2.97. The third-order valence-electron chi connectivity index (χ3n) is 5.15. The van der Waals surface area contributed by atoms with Crippen LogP contribution in [0.2, 0.25) is 5.02 Å². The first kappa shape index (κ1) is 26.3. The van der Waals surface area contributed by atoms with Crippen molar-refractivity contribution in [3.05, 3.63) is 82.4 Å². The standard InChI is InChI=1S/C14H16ClN3.C11H19N3O/c15-12-3-1-10(2-4-12)8-18-9-11-7-13(16)5-6-14(11)17;1-2-14(5-6-15)8-9-7-10(12)3-4-11(9)13/h1-7,18H,8-9,16-17H2;3-4,7,15H,2,5-6,8,12-13H2,1H3. The zero-order valence-electron chi connectivity index (χ0n) is 19.1. The maximum absolute atomic E-state index is 8.87. The van der Waals surface area contributed by atoms with Crippen LogP contribution in [0.4, 0.5) is 22.7 Å². The molecule has 0 fully saturated rings. The third-order valence-corrected chi connectivity index (χ3v) is 5.40. The van der Waals surface area contributed by atoms with E-state index in [1.54, 1.807) is 12.1 Å². The van der Waals surface area contributed by atoms with Gasteiger partial charge in [0.15, 0.2) is 0 Å². The van der Waals surface area contributed by atoms with Gasteiger partial charge >= 0.3 is 0 Å². The van der Waals surface area contributed by atoms with E-state index in [0.29, 0.717) is 13.1 Å². The molecule has 0 saturated carbocycles. The van der Waals surface area contributed by atoms with Gasteiger partial charge in [-0.15, -0.1) is 0 Å². The summed E-state index contributed by atoms with van der Waals surface area (Å²) in [5.74, 6) is 0. The average molecular weight is 471 g/mol. The summed E-state index contributed by atoms with van der Waals surface area (Å²) in [5.41, 5.74) is 29.3. The third kappa shape index (κ3) is 9.19. The summed E-state index contributed by atoms with van der Waals surface area (Å²) in [6.45, 7) is 5.95. The topological polar surface area (TPSA) is 140 Å². The molecule has 7 nitrogen and oxygen atoms in total. The molecule has 8 heteroatoms. The molecule has 0 aliphatic rings. The molecule has 33 heavy (non-hydrogen) atoms. The quantitative estimate of drug-likeness (QED) is 0.263. The molecule has 3 aromatic carbocycles. The van der Waals surface area contributed by atoms with Crippen molar-refractivity contribution in [3.8, 4) is 0 Å². The Morgan fingerprint density at radius 3 is 1.97 bits per heavy atom. The molecule has 0 aliphatic carbocycles. The van der Waals surface area contributed by atoms with Gasteiger partial charge in [-0.1, -0.05) is 30.7 Å². The Balaban J connectivity index is 0.000000238. The summed E-state index contributed by atoms with van der Waals surface area (Å²) in [5, 5.41) is 12.9. The smallest absolute Gasteiger partial charge is 0.0558 e. The number of rotatable bonds is 9. The molecule has 0 atom stereocenters. The van der Waals surface area contributed by atoms with Crippen LogP contribution in [0.1, 0.15) is 23.6 Å². The lowest BCUT2D eigenvalue weighted by atomic mass is 10.1. The lowest BCUT2D eigenvalue weighted by Gasteiger charge is -2.20. The number of nitrogens with zero attached hydrogens (tertiary/aromatic N) is 1. The fourth-order valence-corrected chi connectivity index (χ4v) is 3.34. The Morgan fingerprint density at radius 2 is 1.39 bits per heavy atom. The molecule has 0 saturated heterocycles. The minimum atomic E-state index is 0.163. The minimum Gasteiger partial charge on any atom is -0.399 e. The molecule has 0 bridgehead atoms. The summed E-state index contributed by atoms with van der Waals surface area (Å²) >= 11 is 5.83. The zero-order valence-corrected chi connectivity index (χ0v) is 19.9. The van der Waals surface area contributed by atoms with Crippen LogP contribution >= 0.6 is 11.6 Å². The highest BCUT2D eigenvalue weighted by Crippen LogP contribution is 2.18. The molecule has 0 aromatic heterocycles. The van der Waals surface area contributed by atoms with Gasteiger partial charge in [-0.05, 0) is 71.8 Å². The summed E-state index contributed by atoms with van der Waals surface area (Å²) in [6.07, 6.45) is 0. The largest absolute Gasteiger partial charge is 0.399 e. The molecule has 3 aromatic rings. The summed E-state index contributed by atoms with van der Waals surface area (Å²) < 4.78 is 0. The van der Waals surface area contributed by atoms with E-state index >= 15 is 0 Å². The van der Waals surface area contributed by atoms with Crippen LogP contribution in [0.15, 0.2) is 60.7 Å². The van der Waals surface area contributed by atoms with Crippen molar-refractivity contribution >= 4 is 34.4 Å². The highest BCUT2D eigenvalue weighted by atomic mass is 35.5. The number of nitrogen functional groups attached to an aromatic ring is 4. The molecule has 10 N–H and O–H groups in total. The number of likely N-dealkylation sites (N-methyl/N-ethyl adjacent to an activating group) is 1. The van der Waals surface area contributed by atoms with Crippen molar-refractivity contribution in [1.82, 2.24) is 10.2 Å². The predicted molar refractivity (Wildman–Crippen MR) is 141 cm³/mol. The second-order valence-corrected chi connectivity index (χ2v) is 8.18. The van der Waals surface area contributed by atoms with Crippen molar-refractivity contribution in [2.75, 3.05) is 42.6 Å².